The fourth-order valence-corrected chi connectivity index (χ4v) is 3.32. The third kappa shape index (κ3) is 4.21. The summed E-state index contributed by atoms with van der Waals surface area (Å²) in [6.07, 6.45) is 5.83. The van der Waals surface area contributed by atoms with Gasteiger partial charge in [-0.1, -0.05) is 19.9 Å². The Kier molecular flexibility index (Phi) is 5.62. The molecule has 1 atom stereocenters. The van der Waals surface area contributed by atoms with Crippen molar-refractivity contribution < 1.29 is 4.79 Å². The third-order valence-electron chi connectivity index (χ3n) is 4.21. The number of hydrogen-bond acceptors (Lipinski definition) is 2. The Morgan fingerprint density at radius 1 is 1.29 bits per heavy atom. The molecule has 3 N–H and O–H groups in total. The molecule has 0 saturated carbocycles. The zero-order chi connectivity index (χ0) is 15.2. The van der Waals surface area contributed by atoms with E-state index in [1.165, 1.54) is 43.5 Å². The summed E-state index contributed by atoms with van der Waals surface area (Å²) in [5.41, 5.74) is 8.77. The Labute approximate surface area is 127 Å². The zero-order valence-corrected chi connectivity index (χ0v) is 13.2. The SMILES string of the molecule is CCCN(CCC)C1CCc2ccc(NC(N)=O)cc2C1. The van der Waals surface area contributed by atoms with Gasteiger partial charge in [0.15, 0.2) is 0 Å². The molecule has 1 unspecified atom stereocenters. The molecule has 2 rings (SSSR count). The number of amides is 2. The molecule has 1 aliphatic rings. The van der Waals surface area contributed by atoms with Gasteiger partial charge in [-0.05, 0) is 68.5 Å². The fourth-order valence-electron chi connectivity index (χ4n) is 3.32. The topological polar surface area (TPSA) is 58.4 Å². The summed E-state index contributed by atoms with van der Waals surface area (Å²) in [5, 5.41) is 2.67. The van der Waals surface area contributed by atoms with Crippen LogP contribution in [0.25, 0.3) is 0 Å². The standard InChI is InChI=1S/C17H27N3O/c1-3-9-20(10-4-2)16-8-6-13-5-7-15(19-17(18)21)11-14(13)12-16/h5,7,11,16H,3-4,6,8-10,12H2,1-2H3,(H3,18,19,21). The molecule has 0 saturated heterocycles. The molecule has 0 spiro atoms. The highest BCUT2D eigenvalue weighted by atomic mass is 16.2. The largest absolute Gasteiger partial charge is 0.351 e. The van der Waals surface area contributed by atoms with Crippen molar-refractivity contribution in [2.24, 2.45) is 5.73 Å². The number of benzene rings is 1. The number of carbonyl (C=O) groups excluding carboxylic acids is 1. The number of urea groups is 1. The van der Waals surface area contributed by atoms with Crippen molar-refractivity contribution >= 4 is 11.7 Å². The molecule has 4 nitrogen and oxygen atoms in total. The van der Waals surface area contributed by atoms with Crippen LogP contribution < -0.4 is 11.1 Å². The number of carbonyl (C=O) groups is 1. The molecule has 0 radical (unpaired) electrons. The summed E-state index contributed by atoms with van der Waals surface area (Å²) in [6.45, 7) is 6.84. The lowest BCUT2D eigenvalue weighted by Crippen LogP contribution is -2.40. The van der Waals surface area contributed by atoms with E-state index in [0.717, 1.165) is 18.5 Å². The Balaban J connectivity index is 2.11. The summed E-state index contributed by atoms with van der Waals surface area (Å²) in [7, 11) is 0. The highest BCUT2D eigenvalue weighted by molar-refractivity contribution is 5.87. The first-order valence-corrected chi connectivity index (χ1v) is 8.06. The number of fused-ring (bicyclic) bond motifs is 1. The van der Waals surface area contributed by atoms with Crippen molar-refractivity contribution in [1.82, 2.24) is 4.90 Å². The van der Waals surface area contributed by atoms with Crippen LogP contribution in [0.15, 0.2) is 18.2 Å². The van der Waals surface area contributed by atoms with Crippen molar-refractivity contribution in [2.45, 2.75) is 52.0 Å². The number of rotatable bonds is 6. The van der Waals surface area contributed by atoms with Crippen LogP contribution in [0, 0.1) is 0 Å². The number of nitrogens with one attached hydrogen (secondary N) is 1. The van der Waals surface area contributed by atoms with Crippen LogP contribution in [0.2, 0.25) is 0 Å². The van der Waals surface area contributed by atoms with E-state index in [4.69, 9.17) is 5.73 Å². The lowest BCUT2D eigenvalue weighted by molar-refractivity contribution is 0.180. The lowest BCUT2D eigenvalue weighted by atomic mass is 9.87. The summed E-state index contributed by atoms with van der Waals surface area (Å²) >= 11 is 0. The average molecular weight is 289 g/mol. The van der Waals surface area contributed by atoms with Gasteiger partial charge in [-0.2, -0.15) is 0 Å². The number of hydrogen-bond donors (Lipinski definition) is 2. The van der Waals surface area contributed by atoms with Gasteiger partial charge in [-0.25, -0.2) is 4.79 Å². The second-order valence-corrected chi connectivity index (χ2v) is 5.91. The molecule has 116 valence electrons. The third-order valence-corrected chi connectivity index (χ3v) is 4.21. The van der Waals surface area contributed by atoms with Crippen LogP contribution in [0.1, 0.15) is 44.2 Å². The molecule has 1 aromatic rings. The van der Waals surface area contributed by atoms with Crippen LogP contribution in [0.4, 0.5) is 10.5 Å². The minimum atomic E-state index is -0.499. The Morgan fingerprint density at radius 2 is 2.00 bits per heavy atom. The molecule has 1 aromatic carbocycles. The molecular formula is C17H27N3O. The predicted octanol–water partition coefficient (Wildman–Crippen LogP) is 3.16. The van der Waals surface area contributed by atoms with Gasteiger partial charge in [-0.15, -0.1) is 0 Å². The maximum Gasteiger partial charge on any atom is 0.316 e. The minimum absolute atomic E-state index is 0.499. The van der Waals surface area contributed by atoms with Gasteiger partial charge in [0.1, 0.15) is 0 Å². The molecule has 21 heavy (non-hydrogen) atoms. The van der Waals surface area contributed by atoms with E-state index in [2.05, 4.69) is 36.2 Å². The van der Waals surface area contributed by atoms with E-state index in [1.807, 2.05) is 6.07 Å². The zero-order valence-electron chi connectivity index (χ0n) is 13.2. The van der Waals surface area contributed by atoms with Crippen LogP contribution in [0.3, 0.4) is 0 Å². The molecule has 0 heterocycles. The highest BCUT2D eigenvalue weighted by Gasteiger charge is 2.23. The summed E-state index contributed by atoms with van der Waals surface area (Å²) in [4.78, 5) is 13.6. The quantitative estimate of drug-likeness (QED) is 0.845. The molecule has 0 aromatic heterocycles. The van der Waals surface area contributed by atoms with Crippen LogP contribution in [-0.2, 0) is 12.8 Å². The van der Waals surface area contributed by atoms with Crippen molar-refractivity contribution in [3.63, 3.8) is 0 Å². The predicted molar refractivity (Wildman–Crippen MR) is 87.6 cm³/mol. The Morgan fingerprint density at radius 3 is 2.62 bits per heavy atom. The maximum absolute atomic E-state index is 11.0. The van der Waals surface area contributed by atoms with Crippen LogP contribution in [0.5, 0.6) is 0 Å². The second-order valence-electron chi connectivity index (χ2n) is 5.91. The summed E-state index contributed by atoms with van der Waals surface area (Å²) in [5.74, 6) is 0. The smallest absolute Gasteiger partial charge is 0.316 e. The number of anilines is 1. The average Bonchev–Trinajstić information content (AvgIpc) is 2.45. The first kappa shape index (κ1) is 15.8. The minimum Gasteiger partial charge on any atom is -0.351 e. The second kappa shape index (κ2) is 7.46. The highest BCUT2D eigenvalue weighted by Crippen LogP contribution is 2.27. The van der Waals surface area contributed by atoms with Gasteiger partial charge in [-0.3, -0.25) is 0 Å². The molecule has 0 aliphatic heterocycles. The molecular weight excluding hydrogens is 262 g/mol. The first-order chi connectivity index (χ1) is 10.1. The number of primary amides is 1. The van der Waals surface area contributed by atoms with Crippen LogP contribution in [-0.4, -0.2) is 30.1 Å². The lowest BCUT2D eigenvalue weighted by Gasteiger charge is -2.35. The first-order valence-electron chi connectivity index (χ1n) is 8.06. The van der Waals surface area contributed by atoms with E-state index in [-0.39, 0.29) is 0 Å². The van der Waals surface area contributed by atoms with E-state index >= 15 is 0 Å². The molecule has 4 heteroatoms. The number of nitrogens with zero attached hydrogens (tertiary/aromatic N) is 1. The van der Waals surface area contributed by atoms with Crippen molar-refractivity contribution in [1.29, 1.82) is 0 Å². The summed E-state index contributed by atoms with van der Waals surface area (Å²) in [6, 6.07) is 6.28. The molecule has 1 aliphatic carbocycles. The monoisotopic (exact) mass is 289 g/mol. The van der Waals surface area contributed by atoms with Gasteiger partial charge >= 0.3 is 6.03 Å². The number of nitrogens with two attached hydrogens (primary N) is 1. The molecule has 0 bridgehead atoms. The number of aryl methyl sites for hydroxylation is 1. The Hall–Kier alpha value is -1.55. The van der Waals surface area contributed by atoms with Crippen molar-refractivity contribution in [3.8, 4) is 0 Å². The van der Waals surface area contributed by atoms with E-state index in [0.29, 0.717) is 6.04 Å². The Bertz CT molecular complexity index is 481. The van der Waals surface area contributed by atoms with Gasteiger partial charge in [0, 0.05) is 11.7 Å². The van der Waals surface area contributed by atoms with Gasteiger partial charge < -0.3 is 16.0 Å². The molecule has 0 fully saturated rings. The van der Waals surface area contributed by atoms with Crippen molar-refractivity contribution in [2.75, 3.05) is 18.4 Å². The normalized spacial score (nSPS) is 17.6. The molecule has 2 amide bonds. The van der Waals surface area contributed by atoms with Gasteiger partial charge in [0.2, 0.25) is 0 Å². The summed E-state index contributed by atoms with van der Waals surface area (Å²) < 4.78 is 0. The van der Waals surface area contributed by atoms with Gasteiger partial charge in [0.25, 0.3) is 0 Å². The van der Waals surface area contributed by atoms with Crippen LogP contribution >= 0.6 is 0 Å². The van der Waals surface area contributed by atoms with E-state index < -0.39 is 6.03 Å². The fraction of sp³-hybridized carbons (Fsp3) is 0.588. The van der Waals surface area contributed by atoms with Gasteiger partial charge in [0.05, 0.1) is 0 Å². The van der Waals surface area contributed by atoms with E-state index in [9.17, 15) is 4.79 Å². The maximum atomic E-state index is 11.0. The van der Waals surface area contributed by atoms with E-state index in [1.54, 1.807) is 0 Å². The van der Waals surface area contributed by atoms with Crippen molar-refractivity contribution in [3.05, 3.63) is 29.3 Å².